The third kappa shape index (κ3) is 2.04. The molecule has 2 atom stereocenters. The number of carbonyl (C=O) groups excluding carboxylic acids is 1. The van der Waals surface area contributed by atoms with Crippen LogP contribution < -0.4 is 0 Å². The fourth-order valence-electron chi connectivity index (χ4n) is 2.61. The molecule has 0 radical (unpaired) electrons. The van der Waals surface area contributed by atoms with Gasteiger partial charge in [0.2, 0.25) is 5.91 Å². The molecule has 4 heteroatoms. The highest BCUT2D eigenvalue weighted by molar-refractivity contribution is 5.86. The van der Waals surface area contributed by atoms with Crippen LogP contribution in [0.2, 0.25) is 0 Å². The first kappa shape index (κ1) is 12.4. The Morgan fingerprint density at radius 2 is 2.29 bits per heavy atom. The van der Waals surface area contributed by atoms with Crippen LogP contribution in [0.25, 0.3) is 0 Å². The highest BCUT2D eigenvalue weighted by atomic mass is 16.5. The molecule has 0 spiro atoms. The summed E-state index contributed by atoms with van der Waals surface area (Å²) in [4.78, 5) is 14.4. The van der Waals surface area contributed by atoms with Crippen molar-refractivity contribution in [1.29, 1.82) is 5.26 Å². The maximum Gasteiger partial charge on any atom is 0.243 e. The summed E-state index contributed by atoms with van der Waals surface area (Å²) in [7, 11) is 0. The Morgan fingerprint density at radius 1 is 1.59 bits per heavy atom. The van der Waals surface area contributed by atoms with E-state index >= 15 is 0 Å². The van der Waals surface area contributed by atoms with Crippen molar-refractivity contribution in [3.8, 4) is 6.07 Å². The Balaban J connectivity index is 2.13. The van der Waals surface area contributed by atoms with E-state index in [0.717, 1.165) is 25.7 Å². The van der Waals surface area contributed by atoms with Gasteiger partial charge in [0, 0.05) is 6.54 Å². The van der Waals surface area contributed by atoms with Crippen molar-refractivity contribution in [2.24, 2.45) is 5.41 Å². The number of nitrogens with zero attached hydrogens (tertiary/aromatic N) is 2. The minimum atomic E-state index is -0.718. The van der Waals surface area contributed by atoms with Crippen LogP contribution in [0.15, 0.2) is 0 Å². The van der Waals surface area contributed by atoms with Gasteiger partial charge >= 0.3 is 0 Å². The quantitative estimate of drug-likeness (QED) is 0.733. The predicted molar refractivity (Wildman–Crippen MR) is 63.1 cm³/mol. The van der Waals surface area contributed by atoms with Crippen molar-refractivity contribution < 1.29 is 9.53 Å². The van der Waals surface area contributed by atoms with Crippen LogP contribution in [0.4, 0.5) is 0 Å². The number of nitriles is 1. The molecule has 1 saturated carbocycles. The van der Waals surface area contributed by atoms with Gasteiger partial charge in [-0.3, -0.25) is 4.79 Å². The molecule has 17 heavy (non-hydrogen) atoms. The van der Waals surface area contributed by atoms with Crippen molar-refractivity contribution in [3.63, 3.8) is 0 Å². The molecule has 2 aliphatic rings. The molecule has 1 saturated heterocycles. The van der Waals surface area contributed by atoms with Crippen LogP contribution in [0.5, 0.6) is 0 Å². The highest BCUT2D eigenvalue weighted by Gasteiger charge is 2.48. The van der Waals surface area contributed by atoms with Crippen molar-refractivity contribution in [3.05, 3.63) is 0 Å². The van der Waals surface area contributed by atoms with Crippen LogP contribution in [0.3, 0.4) is 0 Å². The summed E-state index contributed by atoms with van der Waals surface area (Å²) in [6.07, 6.45) is 3.42. The van der Waals surface area contributed by atoms with Crippen molar-refractivity contribution in [2.45, 2.75) is 51.7 Å². The van der Waals surface area contributed by atoms with Gasteiger partial charge in [-0.2, -0.15) is 5.26 Å². The maximum atomic E-state index is 12.5. The van der Waals surface area contributed by atoms with Gasteiger partial charge in [-0.1, -0.05) is 6.92 Å². The second kappa shape index (κ2) is 4.66. The van der Waals surface area contributed by atoms with E-state index in [1.54, 1.807) is 0 Å². The standard InChI is InChI=1S/C13H20N2O2/c1-3-11-8-17-10(2)7-15(11)12(16)13(9-14)5-4-6-13/h10-11H,3-8H2,1-2H3. The topological polar surface area (TPSA) is 53.3 Å². The predicted octanol–water partition coefficient (Wildman–Crippen LogP) is 1.71. The molecule has 2 fully saturated rings. The number of morpholine rings is 1. The van der Waals surface area contributed by atoms with Crippen molar-refractivity contribution >= 4 is 5.91 Å². The third-order valence-corrected chi connectivity index (χ3v) is 4.03. The summed E-state index contributed by atoms with van der Waals surface area (Å²) in [6, 6.07) is 2.38. The Bertz CT molecular complexity index is 344. The molecule has 2 unspecified atom stereocenters. The van der Waals surface area contributed by atoms with Gasteiger partial charge in [0.05, 0.1) is 24.8 Å². The van der Waals surface area contributed by atoms with Gasteiger partial charge in [-0.15, -0.1) is 0 Å². The Labute approximate surface area is 103 Å². The van der Waals surface area contributed by atoms with Gasteiger partial charge in [-0.25, -0.2) is 0 Å². The summed E-state index contributed by atoms with van der Waals surface area (Å²) in [5.41, 5.74) is -0.718. The number of hydrogen-bond donors (Lipinski definition) is 0. The fourth-order valence-corrected chi connectivity index (χ4v) is 2.61. The number of rotatable bonds is 2. The zero-order valence-corrected chi connectivity index (χ0v) is 10.6. The number of ether oxygens (including phenoxy) is 1. The van der Waals surface area contributed by atoms with Gasteiger partial charge in [-0.05, 0) is 32.6 Å². The van der Waals surface area contributed by atoms with E-state index in [9.17, 15) is 10.1 Å². The first-order chi connectivity index (χ1) is 8.13. The molecule has 94 valence electrons. The van der Waals surface area contributed by atoms with Crippen molar-refractivity contribution in [1.82, 2.24) is 4.90 Å². The van der Waals surface area contributed by atoms with Crippen LogP contribution in [-0.4, -0.2) is 36.1 Å². The lowest BCUT2D eigenvalue weighted by atomic mass is 9.68. The highest BCUT2D eigenvalue weighted by Crippen LogP contribution is 2.42. The van der Waals surface area contributed by atoms with Crippen LogP contribution in [0, 0.1) is 16.7 Å². The molecule has 0 aromatic carbocycles. The second-order valence-corrected chi connectivity index (χ2v) is 5.21. The summed E-state index contributed by atoms with van der Waals surface area (Å²) in [5, 5.41) is 9.23. The van der Waals surface area contributed by atoms with E-state index < -0.39 is 5.41 Å². The average molecular weight is 236 g/mol. The molecule has 2 rings (SSSR count). The monoisotopic (exact) mass is 236 g/mol. The SMILES string of the molecule is CCC1COC(C)CN1C(=O)C1(C#N)CCC1. The number of carbonyl (C=O) groups is 1. The van der Waals surface area contributed by atoms with E-state index in [1.165, 1.54) is 0 Å². The average Bonchev–Trinajstić information content (AvgIpc) is 2.28. The molecular weight excluding hydrogens is 216 g/mol. The summed E-state index contributed by atoms with van der Waals surface area (Å²) >= 11 is 0. The van der Waals surface area contributed by atoms with E-state index in [1.807, 2.05) is 11.8 Å². The van der Waals surface area contributed by atoms with E-state index in [-0.39, 0.29) is 18.1 Å². The summed E-state index contributed by atoms with van der Waals surface area (Å²) < 4.78 is 5.58. The number of hydrogen-bond acceptors (Lipinski definition) is 3. The minimum absolute atomic E-state index is 0.0354. The van der Waals surface area contributed by atoms with Crippen LogP contribution in [0.1, 0.15) is 39.5 Å². The molecule has 1 heterocycles. The Morgan fingerprint density at radius 3 is 2.76 bits per heavy atom. The van der Waals surface area contributed by atoms with Crippen LogP contribution in [-0.2, 0) is 9.53 Å². The first-order valence-electron chi connectivity index (χ1n) is 6.47. The molecule has 1 aliphatic heterocycles. The Kier molecular flexibility index (Phi) is 3.39. The molecule has 1 aliphatic carbocycles. The summed E-state index contributed by atoms with van der Waals surface area (Å²) in [6.45, 7) is 5.27. The molecule has 4 nitrogen and oxygen atoms in total. The van der Waals surface area contributed by atoms with E-state index in [4.69, 9.17) is 4.74 Å². The van der Waals surface area contributed by atoms with Gasteiger partial charge in [0.25, 0.3) is 0 Å². The largest absolute Gasteiger partial charge is 0.375 e. The molecule has 0 bridgehead atoms. The second-order valence-electron chi connectivity index (χ2n) is 5.21. The zero-order chi connectivity index (χ0) is 12.5. The number of amides is 1. The van der Waals surface area contributed by atoms with Crippen molar-refractivity contribution in [2.75, 3.05) is 13.2 Å². The third-order valence-electron chi connectivity index (χ3n) is 4.03. The minimum Gasteiger partial charge on any atom is -0.375 e. The normalized spacial score (nSPS) is 31.5. The Hall–Kier alpha value is -1.08. The van der Waals surface area contributed by atoms with Gasteiger partial charge in [0.1, 0.15) is 5.41 Å². The lowest BCUT2D eigenvalue weighted by molar-refractivity contribution is -0.156. The first-order valence-corrected chi connectivity index (χ1v) is 6.47. The lowest BCUT2D eigenvalue weighted by Crippen LogP contribution is -2.57. The maximum absolute atomic E-state index is 12.5. The van der Waals surface area contributed by atoms with Crippen LogP contribution >= 0.6 is 0 Å². The summed E-state index contributed by atoms with van der Waals surface area (Å²) in [5.74, 6) is 0.0354. The fraction of sp³-hybridized carbons (Fsp3) is 0.846. The molecule has 0 N–H and O–H groups in total. The zero-order valence-electron chi connectivity index (χ0n) is 10.6. The molecular formula is C13H20N2O2. The van der Waals surface area contributed by atoms with E-state index in [2.05, 4.69) is 13.0 Å². The molecule has 0 aromatic rings. The van der Waals surface area contributed by atoms with E-state index in [0.29, 0.717) is 13.2 Å². The van der Waals surface area contributed by atoms with Gasteiger partial charge < -0.3 is 9.64 Å². The molecule has 1 amide bonds. The lowest BCUT2D eigenvalue weighted by Gasteiger charge is -2.44. The van der Waals surface area contributed by atoms with Gasteiger partial charge in [0.15, 0.2) is 0 Å². The molecule has 0 aromatic heterocycles. The smallest absolute Gasteiger partial charge is 0.243 e.